The maximum absolute atomic E-state index is 10.5. The Morgan fingerprint density at radius 3 is 2.73 bits per heavy atom. The second-order valence-electron chi connectivity index (χ2n) is 2.88. The largest absolute Gasteiger partial charge is 0.462 e. The molecular weight excluding hydrogens is 235 g/mol. The van der Waals surface area contributed by atoms with Gasteiger partial charge in [0.25, 0.3) is 0 Å². The highest BCUT2D eigenvalue weighted by Crippen LogP contribution is 2.22. The van der Waals surface area contributed by atoms with Crippen molar-refractivity contribution >= 4 is 35.2 Å². The van der Waals surface area contributed by atoms with Crippen LogP contribution in [0.25, 0.3) is 6.08 Å². The Morgan fingerprint density at radius 1 is 1.40 bits per heavy atom. The number of carbonyl (C=O) groups excluding carboxylic acids is 1. The fourth-order valence-electron chi connectivity index (χ4n) is 0.966. The van der Waals surface area contributed by atoms with E-state index in [0.717, 1.165) is 5.56 Å². The van der Waals surface area contributed by atoms with Crippen LogP contribution in [0.3, 0.4) is 0 Å². The summed E-state index contributed by atoms with van der Waals surface area (Å²) in [7, 11) is 0. The highest BCUT2D eigenvalue weighted by atomic mass is 35.5. The molecule has 80 valence electrons. The summed E-state index contributed by atoms with van der Waals surface area (Å²) in [4.78, 5) is 10.5. The van der Waals surface area contributed by atoms with Crippen LogP contribution in [-0.4, -0.2) is 12.6 Å². The van der Waals surface area contributed by atoms with Crippen molar-refractivity contribution in [3.8, 4) is 0 Å². The lowest BCUT2D eigenvalue weighted by molar-refractivity contribution is -0.139. The molecule has 0 heterocycles. The van der Waals surface area contributed by atoms with Crippen molar-refractivity contribution in [3.05, 3.63) is 39.9 Å². The Hall–Kier alpha value is -0.990. The van der Waals surface area contributed by atoms with E-state index in [-0.39, 0.29) is 12.6 Å². The molecule has 0 fully saturated rings. The molecule has 0 aliphatic carbocycles. The van der Waals surface area contributed by atoms with Crippen molar-refractivity contribution in [1.29, 1.82) is 0 Å². The lowest BCUT2D eigenvalue weighted by Gasteiger charge is -1.98. The molecule has 2 nitrogen and oxygen atoms in total. The maximum atomic E-state index is 10.5. The summed E-state index contributed by atoms with van der Waals surface area (Å²) in [6.07, 6.45) is 3.55. The molecule has 1 aromatic rings. The Kier molecular flexibility index (Phi) is 4.66. The molecule has 0 N–H and O–H groups in total. The van der Waals surface area contributed by atoms with Crippen molar-refractivity contribution in [1.82, 2.24) is 0 Å². The molecule has 0 spiro atoms. The number of hydrogen-bond acceptors (Lipinski definition) is 2. The summed E-state index contributed by atoms with van der Waals surface area (Å²) in [5, 5.41) is 1.03. The van der Waals surface area contributed by atoms with Crippen molar-refractivity contribution in [2.45, 2.75) is 6.92 Å². The van der Waals surface area contributed by atoms with Gasteiger partial charge in [-0.2, -0.15) is 0 Å². The smallest absolute Gasteiger partial charge is 0.302 e. The van der Waals surface area contributed by atoms with Gasteiger partial charge in [-0.05, 0) is 23.8 Å². The van der Waals surface area contributed by atoms with E-state index in [9.17, 15) is 4.79 Å². The van der Waals surface area contributed by atoms with Crippen molar-refractivity contribution < 1.29 is 9.53 Å². The first-order chi connectivity index (χ1) is 7.09. The SMILES string of the molecule is CC(=O)OCC=Cc1ccc(Cl)c(Cl)c1. The molecule has 0 aliphatic rings. The predicted molar refractivity (Wildman–Crippen MR) is 62.1 cm³/mol. The lowest BCUT2D eigenvalue weighted by Crippen LogP contribution is -1.97. The van der Waals surface area contributed by atoms with E-state index < -0.39 is 0 Å². The Balaban J connectivity index is 2.57. The molecular formula is C11H10Cl2O2. The zero-order valence-corrected chi connectivity index (χ0v) is 9.68. The molecule has 0 saturated carbocycles. The topological polar surface area (TPSA) is 26.3 Å². The van der Waals surface area contributed by atoms with Gasteiger partial charge >= 0.3 is 5.97 Å². The second-order valence-corrected chi connectivity index (χ2v) is 3.69. The highest BCUT2D eigenvalue weighted by Gasteiger charge is 1.96. The third-order valence-electron chi connectivity index (χ3n) is 1.64. The standard InChI is InChI=1S/C11H10Cl2O2/c1-8(14)15-6-2-3-9-4-5-10(12)11(13)7-9/h2-5,7H,6H2,1H3. The first-order valence-corrected chi connectivity index (χ1v) is 5.10. The molecule has 1 rings (SSSR count). The fourth-order valence-corrected chi connectivity index (χ4v) is 1.27. The van der Waals surface area contributed by atoms with Gasteiger partial charge < -0.3 is 4.74 Å². The van der Waals surface area contributed by atoms with Gasteiger partial charge in [0.1, 0.15) is 6.61 Å². The predicted octanol–water partition coefficient (Wildman–Crippen LogP) is 3.57. The summed E-state index contributed by atoms with van der Waals surface area (Å²) in [6, 6.07) is 5.29. The van der Waals surface area contributed by atoms with Crippen LogP contribution in [-0.2, 0) is 9.53 Å². The molecule has 15 heavy (non-hydrogen) atoms. The van der Waals surface area contributed by atoms with Gasteiger partial charge in [-0.15, -0.1) is 0 Å². The minimum atomic E-state index is -0.297. The monoisotopic (exact) mass is 244 g/mol. The third kappa shape index (κ3) is 4.36. The average molecular weight is 245 g/mol. The number of esters is 1. The van der Waals surface area contributed by atoms with Crippen molar-refractivity contribution in [2.24, 2.45) is 0 Å². The molecule has 0 atom stereocenters. The highest BCUT2D eigenvalue weighted by molar-refractivity contribution is 6.42. The van der Waals surface area contributed by atoms with Crippen LogP contribution in [0.5, 0.6) is 0 Å². The quantitative estimate of drug-likeness (QED) is 0.761. The summed E-state index contributed by atoms with van der Waals surface area (Å²) in [5.41, 5.74) is 0.913. The van der Waals surface area contributed by atoms with Gasteiger partial charge in [-0.25, -0.2) is 0 Å². The van der Waals surface area contributed by atoms with Crippen LogP contribution in [0.2, 0.25) is 10.0 Å². The normalized spacial score (nSPS) is 10.6. The van der Waals surface area contributed by atoms with Crippen molar-refractivity contribution in [2.75, 3.05) is 6.61 Å². The maximum Gasteiger partial charge on any atom is 0.302 e. The first kappa shape index (κ1) is 12.1. The van der Waals surface area contributed by atoms with Gasteiger partial charge in [0.15, 0.2) is 0 Å². The molecule has 0 aliphatic heterocycles. The lowest BCUT2D eigenvalue weighted by atomic mass is 10.2. The van der Waals surface area contributed by atoms with Gasteiger partial charge in [-0.1, -0.05) is 35.3 Å². The first-order valence-electron chi connectivity index (χ1n) is 4.34. The van der Waals surface area contributed by atoms with Crippen LogP contribution < -0.4 is 0 Å². The molecule has 0 bridgehead atoms. The van der Waals surface area contributed by atoms with Crippen LogP contribution in [0.4, 0.5) is 0 Å². The van der Waals surface area contributed by atoms with Gasteiger partial charge in [0.05, 0.1) is 10.0 Å². The van der Waals surface area contributed by atoms with E-state index in [1.165, 1.54) is 6.92 Å². The number of halogens is 2. The van der Waals surface area contributed by atoms with Crippen LogP contribution in [0.15, 0.2) is 24.3 Å². The summed E-state index contributed by atoms with van der Waals surface area (Å²) < 4.78 is 4.73. The summed E-state index contributed by atoms with van der Waals surface area (Å²) in [6.45, 7) is 1.63. The van der Waals surface area contributed by atoms with E-state index >= 15 is 0 Å². The minimum absolute atomic E-state index is 0.260. The number of benzene rings is 1. The van der Waals surface area contributed by atoms with Crippen LogP contribution in [0, 0.1) is 0 Å². The van der Waals surface area contributed by atoms with E-state index in [4.69, 9.17) is 27.9 Å². The number of ether oxygens (including phenoxy) is 1. The zero-order chi connectivity index (χ0) is 11.3. The average Bonchev–Trinajstić information content (AvgIpc) is 2.18. The fraction of sp³-hybridized carbons (Fsp3) is 0.182. The molecule has 0 unspecified atom stereocenters. The van der Waals surface area contributed by atoms with E-state index in [1.807, 2.05) is 12.1 Å². The summed E-state index contributed by atoms with van der Waals surface area (Å²) in [5.74, 6) is -0.297. The second kappa shape index (κ2) is 5.79. The Morgan fingerprint density at radius 2 is 2.13 bits per heavy atom. The molecule has 1 aromatic carbocycles. The zero-order valence-electron chi connectivity index (χ0n) is 8.17. The van der Waals surface area contributed by atoms with Crippen LogP contribution >= 0.6 is 23.2 Å². The number of hydrogen-bond donors (Lipinski definition) is 0. The minimum Gasteiger partial charge on any atom is -0.462 e. The van der Waals surface area contributed by atoms with Crippen molar-refractivity contribution in [3.63, 3.8) is 0 Å². The molecule has 4 heteroatoms. The third-order valence-corrected chi connectivity index (χ3v) is 2.38. The number of rotatable bonds is 3. The molecule has 0 aromatic heterocycles. The van der Waals surface area contributed by atoms with Gasteiger partial charge in [-0.3, -0.25) is 4.79 Å². The van der Waals surface area contributed by atoms with E-state index in [2.05, 4.69) is 0 Å². The van der Waals surface area contributed by atoms with E-state index in [0.29, 0.717) is 10.0 Å². The van der Waals surface area contributed by atoms with Gasteiger partial charge in [0, 0.05) is 6.92 Å². The Bertz CT molecular complexity index is 386. The Labute approximate surface area is 98.4 Å². The summed E-state index contributed by atoms with van der Waals surface area (Å²) >= 11 is 11.6. The molecule has 0 amide bonds. The van der Waals surface area contributed by atoms with Gasteiger partial charge in [0.2, 0.25) is 0 Å². The number of carbonyl (C=O) groups is 1. The molecule has 0 saturated heterocycles. The van der Waals surface area contributed by atoms with Crippen LogP contribution in [0.1, 0.15) is 12.5 Å². The van der Waals surface area contributed by atoms with E-state index in [1.54, 1.807) is 18.2 Å². The molecule has 0 radical (unpaired) electrons.